The molecule has 0 fully saturated rings. The lowest BCUT2D eigenvalue weighted by Crippen LogP contribution is -2.59. The highest BCUT2D eigenvalue weighted by Gasteiger charge is 2.79. The lowest BCUT2D eigenvalue weighted by molar-refractivity contribution is -0.329. The van der Waals surface area contributed by atoms with Gasteiger partial charge in [0.15, 0.2) is 0 Å². The molecule has 0 rings (SSSR count). The molecule has 0 aromatic carbocycles. The maximum absolute atomic E-state index is 13.0. The quantitative estimate of drug-likeness (QED) is 0.142. The summed E-state index contributed by atoms with van der Waals surface area (Å²) in [6.07, 6.45) is -2.44. The van der Waals surface area contributed by atoms with Crippen LogP contribution in [0.4, 0.5) is 52.7 Å². The third-order valence-corrected chi connectivity index (χ3v) is 3.48. The van der Waals surface area contributed by atoms with Crippen LogP contribution in [0.2, 0.25) is 0 Å². The molecule has 142 valence electrons. The molecule has 0 bridgehead atoms. The normalized spacial score (nSPS) is 16.4. The van der Waals surface area contributed by atoms with Gasteiger partial charge in [-0.25, -0.2) is 0 Å². The van der Waals surface area contributed by atoms with E-state index in [0.717, 1.165) is 0 Å². The second-order valence-electron chi connectivity index (χ2n) is 4.11. The van der Waals surface area contributed by atoms with Crippen LogP contribution in [0.15, 0.2) is 24.3 Å². The zero-order chi connectivity index (χ0) is 19.8. The summed E-state index contributed by atoms with van der Waals surface area (Å²) in [7, 11) is 0. The predicted octanol–water partition coefficient (Wildman–Crippen LogP) is 6.66. The maximum atomic E-state index is 13.0. The van der Waals surface area contributed by atoms with E-state index in [4.69, 9.17) is 0 Å². The van der Waals surface area contributed by atoms with Gasteiger partial charge in [-0.1, -0.05) is 12.2 Å². The lowest BCUT2D eigenvalue weighted by atomic mass is 10.0. The van der Waals surface area contributed by atoms with Gasteiger partial charge in [0.25, 0.3) is 0 Å². The van der Waals surface area contributed by atoms with Crippen LogP contribution in [0, 0.1) is 0 Å². The molecule has 0 aromatic rings. The first-order valence-corrected chi connectivity index (χ1v) is 7.09. The van der Waals surface area contributed by atoms with Gasteiger partial charge in [-0.3, -0.25) is 0 Å². The smallest absolute Gasteiger partial charge is 0.195 e. The second kappa shape index (κ2) is 6.87. The van der Waals surface area contributed by atoms with Crippen molar-refractivity contribution in [3.63, 3.8) is 0 Å². The number of allylic oxidation sites excluding steroid dienone is 4. The fourth-order valence-corrected chi connectivity index (χ4v) is 1.41. The van der Waals surface area contributed by atoms with Crippen LogP contribution in [0.1, 0.15) is 0 Å². The number of hydrogen-bond donors (Lipinski definition) is 0. The largest absolute Gasteiger partial charge is 0.387 e. The first-order chi connectivity index (χ1) is 10.2. The van der Waals surface area contributed by atoms with Crippen LogP contribution in [-0.2, 0) is 0 Å². The molecule has 0 nitrogen and oxygen atoms in total. The second-order valence-corrected chi connectivity index (χ2v) is 6.46. The SMILES string of the molecule is FC(F)(Br)C(F)(F)C=CC=CC(F)(F)C(F)(F)C(F)(F)C(F)(F)I. The molecule has 0 amide bonds. The summed E-state index contributed by atoms with van der Waals surface area (Å²) in [6, 6.07) is 0. The van der Waals surface area contributed by atoms with Gasteiger partial charge in [0.1, 0.15) is 0 Å². The van der Waals surface area contributed by atoms with E-state index in [0.29, 0.717) is 0 Å². The molecule has 0 unspecified atom stereocenters. The zero-order valence-corrected chi connectivity index (χ0v) is 14.3. The molecule has 14 heteroatoms. The molecule has 0 aliphatic rings. The molecule has 0 aliphatic carbocycles. The summed E-state index contributed by atoms with van der Waals surface area (Å²) in [4.78, 5) is -4.81. The Morgan fingerprint density at radius 3 is 1.21 bits per heavy atom. The Hall–Kier alpha value is -0.150. The Kier molecular flexibility index (Phi) is 6.83. The number of hydrogen-bond acceptors (Lipinski definition) is 0. The van der Waals surface area contributed by atoms with Crippen LogP contribution in [0.5, 0.6) is 0 Å². The monoisotopic (exact) mass is 558 g/mol. The van der Waals surface area contributed by atoms with Crippen molar-refractivity contribution in [2.45, 2.75) is 32.5 Å². The summed E-state index contributed by atoms with van der Waals surface area (Å²) in [6.45, 7) is 0. The van der Waals surface area contributed by atoms with Gasteiger partial charge in [0, 0.05) is 22.6 Å². The summed E-state index contributed by atoms with van der Waals surface area (Å²) in [5.41, 5.74) is 0. The minimum absolute atomic E-state index is 0.264. The Balaban J connectivity index is 5.50. The summed E-state index contributed by atoms with van der Waals surface area (Å²) in [5.74, 6) is -23.9. The maximum Gasteiger partial charge on any atom is 0.387 e. The van der Waals surface area contributed by atoms with Crippen molar-refractivity contribution in [2.75, 3.05) is 0 Å². The summed E-state index contributed by atoms with van der Waals surface area (Å²) in [5, 5.41) is 0. The first kappa shape index (κ1) is 23.9. The zero-order valence-electron chi connectivity index (χ0n) is 10.6. The fraction of sp³-hybridized carbons (Fsp3) is 0.600. The van der Waals surface area contributed by atoms with Crippen molar-refractivity contribution < 1.29 is 52.7 Å². The highest BCUT2D eigenvalue weighted by Crippen LogP contribution is 2.55. The molecular formula is C10H4BrF12I. The average Bonchev–Trinajstić information content (AvgIpc) is 2.31. The Morgan fingerprint density at radius 1 is 0.583 bits per heavy atom. The van der Waals surface area contributed by atoms with E-state index in [1.807, 2.05) is 0 Å². The van der Waals surface area contributed by atoms with Crippen LogP contribution >= 0.6 is 38.5 Å². The lowest BCUT2D eigenvalue weighted by Gasteiger charge is -2.33. The first-order valence-electron chi connectivity index (χ1n) is 5.22. The minimum atomic E-state index is -6.60. The van der Waals surface area contributed by atoms with Crippen LogP contribution in [0.3, 0.4) is 0 Å². The van der Waals surface area contributed by atoms with Crippen LogP contribution in [-0.4, -0.2) is 32.5 Å². The Bertz CT molecular complexity index is 499. The highest BCUT2D eigenvalue weighted by atomic mass is 127. The minimum Gasteiger partial charge on any atom is -0.195 e. The number of halogens is 14. The van der Waals surface area contributed by atoms with Crippen molar-refractivity contribution in [1.29, 1.82) is 0 Å². The molecule has 0 saturated carbocycles. The van der Waals surface area contributed by atoms with Crippen molar-refractivity contribution in [3.8, 4) is 0 Å². The van der Waals surface area contributed by atoms with E-state index >= 15 is 0 Å². The topological polar surface area (TPSA) is 0 Å². The van der Waals surface area contributed by atoms with Crippen LogP contribution < -0.4 is 0 Å². The molecule has 0 saturated heterocycles. The standard InChI is InChI=1S/C10H4BrF12I/c11-9(20,21)6(14,15)4-2-1-3-5(12,13)7(16,17)8(18,19)10(22,23)24/h1-4H. The Labute approximate surface area is 148 Å². The number of alkyl halides is 14. The molecule has 0 heterocycles. The van der Waals surface area contributed by atoms with Gasteiger partial charge >= 0.3 is 32.5 Å². The van der Waals surface area contributed by atoms with Gasteiger partial charge in [-0.05, 0) is 28.1 Å². The third-order valence-electron chi connectivity index (χ3n) is 2.27. The molecule has 0 spiro atoms. The van der Waals surface area contributed by atoms with Crippen LogP contribution in [0.25, 0.3) is 0 Å². The molecule has 0 N–H and O–H groups in total. The average molecular weight is 559 g/mol. The molecule has 0 aliphatic heterocycles. The highest BCUT2D eigenvalue weighted by molar-refractivity contribution is 14.1. The van der Waals surface area contributed by atoms with Crippen molar-refractivity contribution in [3.05, 3.63) is 24.3 Å². The fourth-order valence-electron chi connectivity index (χ4n) is 0.939. The summed E-state index contributed by atoms with van der Waals surface area (Å²) < 4.78 is 147. The van der Waals surface area contributed by atoms with Crippen molar-refractivity contribution >= 4 is 38.5 Å². The summed E-state index contributed by atoms with van der Waals surface area (Å²) >= 11 is 0.788. The van der Waals surface area contributed by atoms with Crippen molar-refractivity contribution in [1.82, 2.24) is 0 Å². The van der Waals surface area contributed by atoms with Crippen molar-refractivity contribution in [2.24, 2.45) is 0 Å². The molecule has 0 aromatic heterocycles. The Morgan fingerprint density at radius 2 is 0.917 bits per heavy atom. The molecule has 24 heavy (non-hydrogen) atoms. The third kappa shape index (κ3) is 4.72. The van der Waals surface area contributed by atoms with Gasteiger partial charge in [-0.2, -0.15) is 52.7 Å². The molecule has 0 atom stereocenters. The van der Waals surface area contributed by atoms with Gasteiger partial charge < -0.3 is 0 Å². The van der Waals surface area contributed by atoms with E-state index in [-0.39, 0.29) is 12.2 Å². The van der Waals surface area contributed by atoms with E-state index in [1.165, 1.54) is 15.9 Å². The number of rotatable bonds is 7. The van der Waals surface area contributed by atoms with Gasteiger partial charge in [-0.15, -0.1) is 0 Å². The van der Waals surface area contributed by atoms with E-state index in [2.05, 4.69) is 0 Å². The van der Waals surface area contributed by atoms with Gasteiger partial charge in [0.05, 0.1) is 0 Å². The van der Waals surface area contributed by atoms with E-state index in [9.17, 15) is 52.7 Å². The van der Waals surface area contributed by atoms with E-state index < -0.39 is 67.2 Å². The molecular weight excluding hydrogens is 555 g/mol. The predicted molar refractivity (Wildman–Crippen MR) is 70.9 cm³/mol. The molecule has 0 radical (unpaired) electrons. The van der Waals surface area contributed by atoms with Gasteiger partial charge in [0.2, 0.25) is 0 Å². The van der Waals surface area contributed by atoms with E-state index in [1.54, 1.807) is 0 Å².